The van der Waals surface area contributed by atoms with Crippen molar-refractivity contribution in [1.82, 2.24) is 26.7 Å². The fourth-order valence-corrected chi connectivity index (χ4v) is 18.1. The Morgan fingerprint density at radius 2 is 0.398 bits per heavy atom. The molecule has 0 atom stereocenters. The molecule has 482 valence electrons. The lowest BCUT2D eigenvalue weighted by atomic mass is 10.1. The third-order valence-electron chi connectivity index (χ3n) is 15.2. The summed E-state index contributed by atoms with van der Waals surface area (Å²) < 4.78 is 176. The van der Waals surface area contributed by atoms with E-state index in [9.17, 15) is 50.5 Å². The minimum absolute atomic E-state index is 0.0145. The van der Waals surface area contributed by atoms with Crippen LogP contribution in [0.4, 0.5) is 0 Å². The van der Waals surface area contributed by atoms with E-state index in [1.165, 1.54) is 65.8 Å². The lowest BCUT2D eigenvalue weighted by Crippen LogP contribution is -2.38. The summed E-state index contributed by atoms with van der Waals surface area (Å²) in [5.41, 5.74) is 5.36. The van der Waals surface area contributed by atoms with Crippen molar-refractivity contribution in [2.45, 2.75) is 148 Å². The van der Waals surface area contributed by atoms with E-state index in [1.807, 2.05) is 41.5 Å². The molecule has 0 unspecified atom stereocenters. The van der Waals surface area contributed by atoms with Crippen LogP contribution in [0.2, 0.25) is 0 Å². The topological polar surface area (TPSA) is 242 Å². The molecule has 0 aromatic heterocycles. The third kappa shape index (κ3) is 21.2. The first-order valence-corrected chi connectivity index (χ1v) is 38.8. The summed E-state index contributed by atoms with van der Waals surface area (Å²) in [7, 11) is -23.7. The Morgan fingerprint density at radius 3 is 0.614 bits per heavy atom. The van der Waals surface area contributed by atoms with Crippen LogP contribution in [-0.2, 0) is 60.1 Å². The monoisotopic (exact) mass is 1320 g/mol. The van der Waals surface area contributed by atoms with Gasteiger partial charge in [-0.15, -0.1) is 0 Å². The van der Waals surface area contributed by atoms with E-state index in [4.69, 9.17) is 0 Å². The Morgan fingerprint density at radius 1 is 0.227 bits per heavy atom. The molecule has 0 spiro atoms. The fraction of sp³-hybridized carbons (Fsp3) is 0.438. The Kier molecular flexibility index (Phi) is 27.1. The molecule has 18 nitrogen and oxygen atoms in total. The number of rotatable bonds is 39. The highest BCUT2D eigenvalue weighted by molar-refractivity contribution is 7.90. The van der Waals surface area contributed by atoms with Crippen LogP contribution >= 0.6 is 0 Å². The second kappa shape index (κ2) is 33.2. The first-order chi connectivity index (χ1) is 41.6. The quantitative estimate of drug-likeness (QED) is 0.0343. The first kappa shape index (κ1) is 71.9. The van der Waals surface area contributed by atoms with Crippen molar-refractivity contribution in [3.05, 3.63) is 179 Å². The number of unbranched alkanes of at least 4 members (excludes halogenated alkanes) is 7. The molecule has 0 aliphatic rings. The van der Waals surface area contributed by atoms with Crippen LogP contribution in [0.1, 0.15) is 110 Å². The van der Waals surface area contributed by atoms with Crippen LogP contribution in [0.25, 0.3) is 0 Å². The van der Waals surface area contributed by atoms with E-state index in [2.05, 4.69) is 9.44 Å². The summed E-state index contributed by atoms with van der Waals surface area (Å²) >= 11 is 0. The maximum atomic E-state index is 14.2. The van der Waals surface area contributed by atoms with Crippen LogP contribution in [0, 0.1) is 41.5 Å². The van der Waals surface area contributed by atoms with Gasteiger partial charge < -0.3 is 0 Å². The van der Waals surface area contributed by atoms with Crippen LogP contribution in [-0.4, -0.2) is 133 Å². The van der Waals surface area contributed by atoms with Crippen LogP contribution in [0.5, 0.6) is 0 Å². The zero-order valence-corrected chi connectivity index (χ0v) is 56.4. The summed E-state index contributed by atoms with van der Waals surface area (Å²) in [6.07, 6.45) is 6.62. The third-order valence-corrected chi connectivity index (χ3v) is 25.9. The average Bonchev–Trinajstić information content (AvgIpc) is 3.63. The van der Waals surface area contributed by atoms with Gasteiger partial charge in [0, 0.05) is 65.4 Å². The van der Waals surface area contributed by atoms with Crippen molar-refractivity contribution in [1.29, 1.82) is 0 Å². The SMILES string of the molecule is Cc1ccc(S(=O)(=O)NCCCN(CCCN(CCCCCCCCCCN(CCCN(CCCNS(=O)(=O)c2ccc(C)cc2)S(=O)(=O)c2ccc(C)cc2)S(=O)(=O)c2ccc(C)cc2)S(=O)(=O)c2ccc(C)cc2)S(=O)(=O)c2ccc(C)cc2)cc1. The zero-order chi connectivity index (χ0) is 64.2. The van der Waals surface area contributed by atoms with Crippen LogP contribution in [0.3, 0.4) is 0 Å². The number of hydrogen-bond acceptors (Lipinski definition) is 12. The van der Waals surface area contributed by atoms with Gasteiger partial charge in [-0.05, 0) is 153 Å². The average molecular weight is 1330 g/mol. The van der Waals surface area contributed by atoms with Gasteiger partial charge in [0.2, 0.25) is 60.1 Å². The largest absolute Gasteiger partial charge is 0.243 e. The molecule has 0 heterocycles. The molecule has 0 bridgehead atoms. The molecule has 0 saturated carbocycles. The minimum Gasteiger partial charge on any atom is -0.211 e. The van der Waals surface area contributed by atoms with Gasteiger partial charge in [0.25, 0.3) is 0 Å². The van der Waals surface area contributed by atoms with Crippen molar-refractivity contribution >= 4 is 60.1 Å². The Bertz CT molecular complexity index is 3600. The van der Waals surface area contributed by atoms with Crippen molar-refractivity contribution < 1.29 is 50.5 Å². The summed E-state index contributed by atoms with van der Waals surface area (Å²) in [6, 6.07) is 39.0. The molecular formula is C64H88N6O12S6. The van der Waals surface area contributed by atoms with Gasteiger partial charge >= 0.3 is 0 Å². The highest BCUT2D eigenvalue weighted by Crippen LogP contribution is 2.24. The number of sulfonamides is 6. The van der Waals surface area contributed by atoms with Crippen LogP contribution in [0.15, 0.2) is 175 Å². The van der Waals surface area contributed by atoms with Gasteiger partial charge in [0.15, 0.2) is 0 Å². The van der Waals surface area contributed by atoms with Crippen molar-refractivity contribution in [2.75, 3.05) is 65.4 Å². The Balaban J connectivity index is 1.03. The molecule has 0 radical (unpaired) electrons. The van der Waals surface area contributed by atoms with Crippen molar-refractivity contribution in [3.63, 3.8) is 0 Å². The highest BCUT2D eigenvalue weighted by atomic mass is 32.2. The molecule has 0 fully saturated rings. The van der Waals surface area contributed by atoms with Gasteiger partial charge in [-0.3, -0.25) is 0 Å². The predicted molar refractivity (Wildman–Crippen MR) is 348 cm³/mol. The van der Waals surface area contributed by atoms with Gasteiger partial charge in [0.1, 0.15) is 0 Å². The number of nitrogens with one attached hydrogen (secondary N) is 2. The number of benzene rings is 6. The normalized spacial score (nSPS) is 12.9. The fourth-order valence-electron chi connectivity index (χ4n) is 9.86. The highest BCUT2D eigenvalue weighted by Gasteiger charge is 2.30. The Hall–Kier alpha value is -5.22. The first-order valence-electron chi connectivity index (χ1n) is 30.0. The predicted octanol–water partition coefficient (Wildman–Crippen LogP) is 10.2. The Labute approximate surface area is 526 Å². The van der Waals surface area contributed by atoms with Gasteiger partial charge in [-0.2, -0.15) is 17.2 Å². The molecule has 24 heteroatoms. The molecule has 88 heavy (non-hydrogen) atoms. The molecular weight excluding hydrogens is 1240 g/mol. The lowest BCUT2D eigenvalue weighted by Gasteiger charge is -2.26. The minimum atomic E-state index is -4.05. The maximum absolute atomic E-state index is 14.2. The number of aryl methyl sites for hydroxylation is 6. The number of hydrogen-bond donors (Lipinski definition) is 2. The van der Waals surface area contributed by atoms with Gasteiger partial charge in [0.05, 0.1) is 29.4 Å². The molecule has 6 aromatic rings. The zero-order valence-electron chi connectivity index (χ0n) is 51.6. The smallest absolute Gasteiger partial charge is 0.211 e. The molecule has 6 aromatic carbocycles. The summed E-state index contributed by atoms with van der Waals surface area (Å²) in [5.74, 6) is 0. The van der Waals surface area contributed by atoms with Crippen molar-refractivity contribution in [3.8, 4) is 0 Å². The van der Waals surface area contributed by atoms with E-state index >= 15 is 0 Å². The second-order valence-corrected chi connectivity index (χ2v) is 33.8. The van der Waals surface area contributed by atoms with Crippen molar-refractivity contribution in [2.24, 2.45) is 0 Å². The molecule has 0 saturated heterocycles. The van der Waals surface area contributed by atoms with E-state index in [-0.39, 0.29) is 121 Å². The van der Waals surface area contributed by atoms with E-state index < -0.39 is 60.1 Å². The molecule has 0 aliphatic heterocycles. The van der Waals surface area contributed by atoms with E-state index in [0.29, 0.717) is 12.8 Å². The van der Waals surface area contributed by atoms with E-state index in [0.717, 1.165) is 71.9 Å². The molecule has 2 N–H and O–H groups in total. The second-order valence-electron chi connectivity index (χ2n) is 22.5. The summed E-state index contributed by atoms with van der Waals surface area (Å²) in [5, 5.41) is 0. The lowest BCUT2D eigenvalue weighted by molar-refractivity contribution is 0.348. The van der Waals surface area contributed by atoms with E-state index in [1.54, 1.807) is 97.1 Å². The molecule has 0 aliphatic carbocycles. The summed E-state index contributed by atoms with van der Waals surface area (Å²) in [4.78, 5) is 0.633. The standard InChI is InChI=1S/C64H88N6O12S6/c1-53-19-31-59(32-20-53)83(71,72)65-43-15-47-69(87(79,80)63-39-27-57(5)28-40-63)51-17-49-67(85(75,76)61-35-23-55(3)24-36-61)45-13-11-9-7-8-10-12-14-46-68(86(77,78)62-37-25-56(4)26-38-62)50-18-52-70(88(81,82)64-41-29-58(6)30-42-64)48-16-44-66-84(73,74)60-33-21-54(2)22-34-60/h19-42,65-66H,7-18,43-52H2,1-6H3. The maximum Gasteiger partial charge on any atom is 0.243 e. The summed E-state index contributed by atoms with van der Waals surface area (Å²) in [6.45, 7) is 11.5. The van der Waals surface area contributed by atoms with Crippen LogP contribution < -0.4 is 9.44 Å². The number of nitrogens with zero attached hydrogens (tertiary/aromatic N) is 4. The molecule has 0 amide bonds. The molecule has 6 rings (SSSR count). The van der Waals surface area contributed by atoms with Gasteiger partial charge in [-0.1, -0.05) is 145 Å². The van der Waals surface area contributed by atoms with Gasteiger partial charge in [-0.25, -0.2) is 60.0 Å².